The molecule has 0 spiro atoms. The fourth-order valence-corrected chi connectivity index (χ4v) is 4.95. The number of methoxy groups -OCH3 is 1. The van der Waals surface area contributed by atoms with Crippen LogP contribution in [0.15, 0.2) is 84.9 Å². The Morgan fingerprint density at radius 3 is 2.42 bits per heavy atom. The van der Waals surface area contributed by atoms with Gasteiger partial charge in [0.1, 0.15) is 18.2 Å². The van der Waals surface area contributed by atoms with E-state index in [9.17, 15) is 4.79 Å². The first-order valence-corrected chi connectivity index (χ1v) is 13.0. The number of aromatic nitrogens is 2. The van der Waals surface area contributed by atoms with E-state index < -0.39 is 0 Å². The number of fused-ring (bicyclic) bond motifs is 1. The molecule has 5 nitrogen and oxygen atoms in total. The van der Waals surface area contributed by atoms with E-state index >= 15 is 0 Å². The molecule has 0 saturated heterocycles. The van der Waals surface area contributed by atoms with E-state index in [4.69, 9.17) is 26.1 Å². The number of aryl methyl sites for hydroxylation is 2. The Morgan fingerprint density at radius 2 is 1.68 bits per heavy atom. The van der Waals surface area contributed by atoms with Crippen molar-refractivity contribution in [2.24, 2.45) is 0 Å². The van der Waals surface area contributed by atoms with E-state index in [1.807, 2.05) is 61.5 Å². The fraction of sp³-hybridized carbons (Fsp3) is 0.188. The Hall–Kier alpha value is -4.09. The standard InChI is InChI=1S/C32H29ClN2O3/c1-4-30-34-31-21(2)16-26(38-20-25-12-8-9-13-27(25)32(36)37-3)18-29(31)35(30)19-24-15-14-23(17-28(24)33)22-10-6-5-7-11-22/h5-18H,4,19-20H2,1-3H3. The van der Waals surface area contributed by atoms with Crippen molar-refractivity contribution in [3.05, 3.63) is 118 Å². The maximum atomic E-state index is 12.2. The molecule has 0 bridgehead atoms. The number of nitrogens with zero attached hydrogens (tertiary/aromatic N) is 2. The topological polar surface area (TPSA) is 53.4 Å². The predicted octanol–water partition coefficient (Wildman–Crippen LogP) is 7.64. The molecule has 6 heteroatoms. The molecule has 38 heavy (non-hydrogen) atoms. The average Bonchev–Trinajstić information content (AvgIpc) is 3.31. The van der Waals surface area contributed by atoms with Crippen LogP contribution in [0.2, 0.25) is 5.02 Å². The van der Waals surface area contributed by atoms with E-state index in [-0.39, 0.29) is 12.6 Å². The molecular formula is C32H29ClN2O3. The summed E-state index contributed by atoms with van der Waals surface area (Å²) in [6, 6.07) is 27.8. The van der Waals surface area contributed by atoms with Crippen LogP contribution < -0.4 is 4.74 Å². The number of carbonyl (C=O) groups excluding carboxylic acids is 1. The molecule has 0 aliphatic carbocycles. The molecule has 1 aromatic heterocycles. The lowest BCUT2D eigenvalue weighted by Crippen LogP contribution is -2.08. The summed E-state index contributed by atoms with van der Waals surface area (Å²) in [5, 5.41) is 0.721. The van der Waals surface area contributed by atoms with Crippen LogP contribution in [-0.4, -0.2) is 22.6 Å². The van der Waals surface area contributed by atoms with E-state index in [0.29, 0.717) is 17.9 Å². The Labute approximate surface area is 227 Å². The minimum absolute atomic E-state index is 0.248. The van der Waals surface area contributed by atoms with Crippen molar-refractivity contribution in [2.45, 2.75) is 33.4 Å². The zero-order valence-electron chi connectivity index (χ0n) is 21.7. The molecule has 5 rings (SSSR count). The van der Waals surface area contributed by atoms with Crippen molar-refractivity contribution in [3.63, 3.8) is 0 Å². The average molecular weight is 525 g/mol. The summed E-state index contributed by atoms with van der Waals surface area (Å²) >= 11 is 6.78. The Balaban J connectivity index is 1.46. The van der Waals surface area contributed by atoms with Crippen LogP contribution in [0.1, 0.15) is 39.8 Å². The molecule has 0 saturated carbocycles. The van der Waals surface area contributed by atoms with Gasteiger partial charge in [-0.15, -0.1) is 0 Å². The van der Waals surface area contributed by atoms with Crippen molar-refractivity contribution in [2.75, 3.05) is 7.11 Å². The molecule has 0 unspecified atom stereocenters. The number of imidazole rings is 1. The second-order valence-corrected chi connectivity index (χ2v) is 9.59. The van der Waals surface area contributed by atoms with Crippen LogP contribution in [0.4, 0.5) is 0 Å². The molecule has 4 aromatic carbocycles. The van der Waals surface area contributed by atoms with Gasteiger partial charge in [0.15, 0.2) is 0 Å². The smallest absolute Gasteiger partial charge is 0.338 e. The van der Waals surface area contributed by atoms with Gasteiger partial charge in [-0.2, -0.15) is 0 Å². The number of carbonyl (C=O) groups is 1. The highest BCUT2D eigenvalue weighted by Gasteiger charge is 2.16. The molecule has 0 aliphatic heterocycles. The first-order chi connectivity index (χ1) is 18.5. The normalized spacial score (nSPS) is 11.1. The molecule has 0 N–H and O–H groups in total. The number of benzene rings is 4. The molecule has 0 fully saturated rings. The van der Waals surface area contributed by atoms with Crippen LogP contribution >= 0.6 is 11.6 Å². The van der Waals surface area contributed by atoms with Crippen LogP contribution in [-0.2, 0) is 24.3 Å². The van der Waals surface area contributed by atoms with Gasteiger partial charge in [-0.1, -0.05) is 79.2 Å². The summed E-state index contributed by atoms with van der Waals surface area (Å²) in [5.74, 6) is 1.32. The summed E-state index contributed by atoms with van der Waals surface area (Å²) in [6.07, 6.45) is 0.788. The van der Waals surface area contributed by atoms with Gasteiger partial charge in [-0.05, 0) is 47.4 Å². The lowest BCUT2D eigenvalue weighted by molar-refractivity contribution is 0.0597. The number of ether oxygens (including phenoxy) is 2. The van der Waals surface area contributed by atoms with Crippen LogP contribution in [0, 0.1) is 6.92 Å². The van der Waals surface area contributed by atoms with Gasteiger partial charge < -0.3 is 14.0 Å². The Morgan fingerprint density at radius 1 is 0.921 bits per heavy atom. The van der Waals surface area contributed by atoms with Gasteiger partial charge in [-0.3, -0.25) is 0 Å². The fourth-order valence-electron chi connectivity index (χ4n) is 4.71. The minimum atomic E-state index is -0.378. The lowest BCUT2D eigenvalue weighted by Gasteiger charge is -2.13. The number of halogens is 1. The maximum absolute atomic E-state index is 12.2. The zero-order valence-corrected chi connectivity index (χ0v) is 22.5. The molecule has 192 valence electrons. The molecule has 0 amide bonds. The predicted molar refractivity (Wildman–Crippen MR) is 152 cm³/mol. The van der Waals surface area contributed by atoms with Gasteiger partial charge >= 0.3 is 5.97 Å². The third kappa shape index (κ3) is 5.15. The van der Waals surface area contributed by atoms with E-state index in [1.54, 1.807) is 6.07 Å². The first kappa shape index (κ1) is 25.6. The van der Waals surface area contributed by atoms with Crippen molar-refractivity contribution in [1.29, 1.82) is 0 Å². The van der Waals surface area contributed by atoms with Gasteiger partial charge in [-0.25, -0.2) is 9.78 Å². The highest BCUT2D eigenvalue weighted by Crippen LogP contribution is 2.30. The minimum Gasteiger partial charge on any atom is -0.489 e. The maximum Gasteiger partial charge on any atom is 0.338 e. The Bertz CT molecular complexity index is 1610. The van der Waals surface area contributed by atoms with Crippen LogP contribution in [0.3, 0.4) is 0 Å². The third-order valence-electron chi connectivity index (χ3n) is 6.72. The number of esters is 1. The van der Waals surface area contributed by atoms with Crippen molar-refractivity contribution >= 4 is 28.6 Å². The molecule has 0 atom stereocenters. The second kappa shape index (κ2) is 11.1. The number of rotatable bonds is 8. The molecular weight excluding hydrogens is 496 g/mol. The summed E-state index contributed by atoms with van der Waals surface area (Å²) in [4.78, 5) is 17.1. The SMILES string of the molecule is CCc1nc2c(C)cc(OCc3ccccc3C(=O)OC)cc2n1Cc1ccc(-c2ccccc2)cc1Cl. The molecule has 1 heterocycles. The van der Waals surface area contributed by atoms with Crippen LogP contribution in [0.25, 0.3) is 22.2 Å². The van der Waals surface area contributed by atoms with Crippen molar-refractivity contribution in [3.8, 4) is 16.9 Å². The zero-order chi connectivity index (χ0) is 26.6. The van der Waals surface area contributed by atoms with Crippen molar-refractivity contribution in [1.82, 2.24) is 9.55 Å². The molecule has 0 radical (unpaired) electrons. The first-order valence-electron chi connectivity index (χ1n) is 12.6. The molecule has 0 aliphatic rings. The summed E-state index contributed by atoms with van der Waals surface area (Å²) in [5.41, 5.74) is 7.47. The van der Waals surface area contributed by atoms with Crippen LogP contribution in [0.5, 0.6) is 5.75 Å². The third-order valence-corrected chi connectivity index (χ3v) is 7.07. The quantitative estimate of drug-likeness (QED) is 0.196. The highest BCUT2D eigenvalue weighted by atomic mass is 35.5. The van der Waals surface area contributed by atoms with E-state index in [2.05, 4.69) is 35.8 Å². The lowest BCUT2D eigenvalue weighted by atomic mass is 10.0. The van der Waals surface area contributed by atoms with Crippen molar-refractivity contribution < 1.29 is 14.3 Å². The summed E-state index contributed by atoms with van der Waals surface area (Å²) < 4.78 is 13.3. The number of hydrogen-bond acceptors (Lipinski definition) is 4. The van der Waals surface area contributed by atoms with Gasteiger partial charge in [0.05, 0.1) is 30.3 Å². The second-order valence-electron chi connectivity index (χ2n) is 9.19. The molecule has 5 aromatic rings. The highest BCUT2D eigenvalue weighted by molar-refractivity contribution is 6.31. The van der Waals surface area contributed by atoms with Gasteiger partial charge in [0, 0.05) is 23.1 Å². The van der Waals surface area contributed by atoms with E-state index in [1.165, 1.54) is 7.11 Å². The van der Waals surface area contributed by atoms with E-state index in [0.717, 1.165) is 56.1 Å². The van der Waals surface area contributed by atoms with Gasteiger partial charge in [0.2, 0.25) is 0 Å². The largest absolute Gasteiger partial charge is 0.489 e. The Kier molecular flexibility index (Phi) is 7.47. The van der Waals surface area contributed by atoms with Gasteiger partial charge in [0.25, 0.3) is 0 Å². The summed E-state index contributed by atoms with van der Waals surface area (Å²) in [7, 11) is 1.38. The summed E-state index contributed by atoms with van der Waals surface area (Å²) in [6.45, 7) is 4.99. The number of hydrogen-bond donors (Lipinski definition) is 0. The monoisotopic (exact) mass is 524 g/mol.